The van der Waals surface area contributed by atoms with Gasteiger partial charge < -0.3 is 4.90 Å². The molecule has 0 radical (unpaired) electrons. The normalized spacial score (nSPS) is 25.7. The van der Waals surface area contributed by atoms with E-state index < -0.39 is 0 Å². The lowest BCUT2D eigenvalue weighted by Gasteiger charge is -2.44. The second-order valence-corrected chi connectivity index (χ2v) is 5.35. The van der Waals surface area contributed by atoms with Gasteiger partial charge in [0.1, 0.15) is 0 Å². The highest BCUT2D eigenvalue weighted by atomic mass is 15.3. The van der Waals surface area contributed by atoms with Gasteiger partial charge in [-0.25, -0.2) is 0 Å². The van der Waals surface area contributed by atoms with Crippen molar-refractivity contribution >= 4 is 5.69 Å². The molecule has 1 aromatic heterocycles. The maximum Gasteiger partial charge on any atom is 0.0556 e. The Kier molecular flexibility index (Phi) is 3.02. The largest absolute Gasteiger partial charge is 0.367 e. The molecule has 0 aliphatic carbocycles. The molecule has 0 bridgehead atoms. The molecular formula is C14H21N3. The minimum atomic E-state index is 0.776. The average molecular weight is 231 g/mol. The lowest BCUT2D eigenvalue weighted by molar-refractivity contribution is 0.133. The summed E-state index contributed by atoms with van der Waals surface area (Å²) in [6.07, 6.45) is 8.10. The van der Waals surface area contributed by atoms with E-state index >= 15 is 0 Å². The van der Waals surface area contributed by atoms with Crippen LogP contribution in [0.25, 0.3) is 0 Å². The van der Waals surface area contributed by atoms with E-state index in [1.165, 1.54) is 50.1 Å². The Balaban J connectivity index is 1.73. The Morgan fingerprint density at radius 3 is 3.00 bits per heavy atom. The summed E-state index contributed by atoms with van der Waals surface area (Å²) >= 11 is 0. The average Bonchev–Trinajstić information content (AvgIpc) is 2.38. The van der Waals surface area contributed by atoms with Crippen molar-refractivity contribution in [3.63, 3.8) is 0 Å². The number of hydrogen-bond acceptors (Lipinski definition) is 3. The number of anilines is 1. The van der Waals surface area contributed by atoms with Crippen LogP contribution in [-0.2, 0) is 0 Å². The van der Waals surface area contributed by atoms with Crippen molar-refractivity contribution in [2.24, 2.45) is 0 Å². The third-order valence-electron chi connectivity index (χ3n) is 4.06. The lowest BCUT2D eigenvalue weighted by Crippen LogP contribution is -2.54. The molecule has 2 aliphatic heterocycles. The third-order valence-corrected chi connectivity index (χ3v) is 4.06. The number of hydrogen-bond donors (Lipinski definition) is 0. The maximum atomic E-state index is 4.31. The smallest absolute Gasteiger partial charge is 0.0556 e. The summed E-state index contributed by atoms with van der Waals surface area (Å²) in [6.45, 7) is 6.99. The number of pyridine rings is 1. The fraction of sp³-hybridized carbons (Fsp3) is 0.643. The monoisotopic (exact) mass is 231 g/mol. The topological polar surface area (TPSA) is 19.4 Å². The van der Waals surface area contributed by atoms with Crippen molar-refractivity contribution in [2.45, 2.75) is 32.2 Å². The maximum absolute atomic E-state index is 4.31. The number of aryl methyl sites for hydroxylation is 1. The number of aromatic nitrogens is 1. The molecular weight excluding hydrogens is 210 g/mol. The summed E-state index contributed by atoms with van der Waals surface area (Å²) in [5, 5.41) is 0. The van der Waals surface area contributed by atoms with Gasteiger partial charge in [-0.2, -0.15) is 0 Å². The second-order valence-electron chi connectivity index (χ2n) is 5.35. The van der Waals surface area contributed by atoms with Crippen LogP contribution in [0.4, 0.5) is 5.69 Å². The molecule has 2 aliphatic rings. The van der Waals surface area contributed by atoms with Crippen LogP contribution in [0.2, 0.25) is 0 Å². The van der Waals surface area contributed by atoms with Gasteiger partial charge in [0, 0.05) is 31.9 Å². The van der Waals surface area contributed by atoms with Crippen molar-refractivity contribution < 1.29 is 0 Å². The van der Waals surface area contributed by atoms with E-state index in [1.54, 1.807) is 0 Å². The fourth-order valence-corrected chi connectivity index (χ4v) is 3.10. The third kappa shape index (κ3) is 2.29. The van der Waals surface area contributed by atoms with Crippen LogP contribution in [0, 0.1) is 6.92 Å². The Labute approximate surface area is 103 Å². The van der Waals surface area contributed by atoms with Gasteiger partial charge in [0.05, 0.1) is 11.9 Å². The van der Waals surface area contributed by atoms with Gasteiger partial charge in [0.25, 0.3) is 0 Å². The molecule has 0 spiro atoms. The van der Waals surface area contributed by atoms with Crippen LogP contribution in [0.15, 0.2) is 18.5 Å². The van der Waals surface area contributed by atoms with Gasteiger partial charge in [0.2, 0.25) is 0 Å². The predicted octanol–water partition coefficient (Wildman–Crippen LogP) is 2.06. The molecule has 3 heterocycles. The predicted molar refractivity (Wildman–Crippen MR) is 70.4 cm³/mol. The first kappa shape index (κ1) is 11.0. The van der Waals surface area contributed by atoms with Crippen LogP contribution in [0.3, 0.4) is 0 Å². The first-order chi connectivity index (χ1) is 8.33. The van der Waals surface area contributed by atoms with Gasteiger partial charge in [-0.15, -0.1) is 0 Å². The highest BCUT2D eigenvalue weighted by Gasteiger charge is 2.28. The second kappa shape index (κ2) is 4.65. The molecule has 0 aromatic carbocycles. The molecule has 3 heteroatoms. The molecule has 2 fully saturated rings. The van der Waals surface area contributed by atoms with E-state index in [1.807, 2.05) is 12.4 Å². The SMILES string of the molecule is Cc1cncc(N2CCN3CCCCC3C2)c1. The summed E-state index contributed by atoms with van der Waals surface area (Å²) in [5.74, 6) is 0. The molecule has 1 unspecified atom stereocenters. The number of piperidine rings is 1. The van der Waals surface area contributed by atoms with Crippen LogP contribution in [-0.4, -0.2) is 42.1 Å². The van der Waals surface area contributed by atoms with Crippen molar-refractivity contribution in [3.8, 4) is 0 Å². The minimum Gasteiger partial charge on any atom is -0.367 e. The summed E-state index contributed by atoms with van der Waals surface area (Å²) in [6, 6.07) is 3.03. The number of nitrogens with zero attached hydrogens (tertiary/aromatic N) is 3. The standard InChI is InChI=1S/C14H21N3/c1-12-8-14(10-15-9-12)17-7-6-16-5-3-2-4-13(16)11-17/h8-10,13H,2-7,11H2,1H3. The molecule has 0 amide bonds. The fourth-order valence-electron chi connectivity index (χ4n) is 3.10. The Hall–Kier alpha value is -1.09. The highest BCUT2D eigenvalue weighted by Crippen LogP contribution is 2.24. The van der Waals surface area contributed by atoms with Crippen molar-refractivity contribution in [1.29, 1.82) is 0 Å². The molecule has 0 saturated carbocycles. The van der Waals surface area contributed by atoms with Crippen molar-refractivity contribution in [1.82, 2.24) is 9.88 Å². The molecule has 92 valence electrons. The zero-order chi connectivity index (χ0) is 11.7. The van der Waals surface area contributed by atoms with E-state index in [0.29, 0.717) is 0 Å². The van der Waals surface area contributed by atoms with Crippen LogP contribution in [0.1, 0.15) is 24.8 Å². The summed E-state index contributed by atoms with van der Waals surface area (Å²) < 4.78 is 0. The van der Waals surface area contributed by atoms with E-state index in [9.17, 15) is 0 Å². The van der Waals surface area contributed by atoms with Gasteiger partial charge in [-0.05, 0) is 37.9 Å². The molecule has 3 rings (SSSR count). The van der Waals surface area contributed by atoms with Gasteiger partial charge >= 0.3 is 0 Å². The van der Waals surface area contributed by atoms with Crippen molar-refractivity contribution in [3.05, 3.63) is 24.0 Å². The zero-order valence-electron chi connectivity index (χ0n) is 10.6. The number of fused-ring (bicyclic) bond motifs is 1. The van der Waals surface area contributed by atoms with E-state index in [-0.39, 0.29) is 0 Å². The lowest BCUT2D eigenvalue weighted by atomic mass is 9.99. The highest BCUT2D eigenvalue weighted by molar-refractivity contribution is 5.46. The molecule has 1 aromatic rings. The van der Waals surface area contributed by atoms with Gasteiger partial charge in [-0.1, -0.05) is 6.42 Å². The molecule has 3 nitrogen and oxygen atoms in total. The Morgan fingerprint density at radius 2 is 2.12 bits per heavy atom. The Morgan fingerprint density at radius 1 is 1.18 bits per heavy atom. The van der Waals surface area contributed by atoms with E-state index in [0.717, 1.165) is 12.6 Å². The first-order valence-corrected chi connectivity index (χ1v) is 6.73. The van der Waals surface area contributed by atoms with E-state index in [4.69, 9.17) is 0 Å². The summed E-state index contributed by atoms with van der Waals surface area (Å²) in [5.41, 5.74) is 2.56. The van der Waals surface area contributed by atoms with Crippen molar-refractivity contribution in [2.75, 3.05) is 31.1 Å². The summed E-state index contributed by atoms with van der Waals surface area (Å²) in [4.78, 5) is 9.48. The molecule has 2 saturated heterocycles. The molecule has 17 heavy (non-hydrogen) atoms. The quantitative estimate of drug-likeness (QED) is 0.737. The van der Waals surface area contributed by atoms with Crippen LogP contribution >= 0.6 is 0 Å². The molecule has 0 N–H and O–H groups in total. The number of rotatable bonds is 1. The van der Waals surface area contributed by atoms with E-state index in [2.05, 4.69) is 27.8 Å². The summed E-state index contributed by atoms with van der Waals surface area (Å²) in [7, 11) is 0. The van der Waals surface area contributed by atoms with Gasteiger partial charge in [-0.3, -0.25) is 9.88 Å². The van der Waals surface area contributed by atoms with Crippen LogP contribution in [0.5, 0.6) is 0 Å². The van der Waals surface area contributed by atoms with Crippen LogP contribution < -0.4 is 4.90 Å². The van der Waals surface area contributed by atoms with Gasteiger partial charge in [0.15, 0.2) is 0 Å². The molecule has 1 atom stereocenters. The Bertz CT molecular complexity index is 391. The number of piperazine rings is 1. The zero-order valence-corrected chi connectivity index (χ0v) is 10.6. The minimum absolute atomic E-state index is 0.776. The first-order valence-electron chi connectivity index (χ1n) is 6.73.